The Morgan fingerprint density at radius 2 is 1.97 bits per heavy atom. The number of rotatable bonds is 4. The zero-order valence-corrected chi connectivity index (χ0v) is 21.0. The molecule has 184 valence electrons. The van der Waals surface area contributed by atoms with Crippen molar-refractivity contribution < 1.29 is 9.53 Å². The SMILES string of the molecule is Cc1nc(C(=O)N2CCOCC(Cc3cccc4ncccc34)C2)cc(C2(C)CCN(C)CC2)n1. The molecule has 0 bridgehead atoms. The average Bonchev–Trinajstić information content (AvgIpc) is 3.11. The summed E-state index contributed by atoms with van der Waals surface area (Å²) < 4.78 is 5.93. The molecule has 0 N–H and O–H groups in total. The van der Waals surface area contributed by atoms with Gasteiger partial charge >= 0.3 is 0 Å². The summed E-state index contributed by atoms with van der Waals surface area (Å²) in [5, 5.41) is 1.17. The van der Waals surface area contributed by atoms with Gasteiger partial charge in [0.2, 0.25) is 0 Å². The molecule has 2 fully saturated rings. The van der Waals surface area contributed by atoms with E-state index in [1.807, 2.05) is 36.2 Å². The summed E-state index contributed by atoms with van der Waals surface area (Å²) in [5.74, 6) is 0.848. The van der Waals surface area contributed by atoms with Crippen molar-refractivity contribution in [3.05, 3.63) is 65.4 Å². The van der Waals surface area contributed by atoms with E-state index >= 15 is 0 Å². The monoisotopic (exact) mass is 473 g/mol. The number of benzene rings is 1. The van der Waals surface area contributed by atoms with Gasteiger partial charge in [-0.25, -0.2) is 9.97 Å². The molecule has 3 aromatic rings. The first-order valence-corrected chi connectivity index (χ1v) is 12.7. The molecule has 1 unspecified atom stereocenters. The zero-order chi connectivity index (χ0) is 24.4. The lowest BCUT2D eigenvalue weighted by Gasteiger charge is -2.37. The molecule has 2 aromatic heterocycles. The van der Waals surface area contributed by atoms with Crippen LogP contribution >= 0.6 is 0 Å². The Morgan fingerprint density at radius 1 is 1.14 bits per heavy atom. The molecule has 2 aliphatic rings. The number of fused-ring (bicyclic) bond motifs is 1. The van der Waals surface area contributed by atoms with Gasteiger partial charge in [0, 0.05) is 36.0 Å². The van der Waals surface area contributed by atoms with E-state index < -0.39 is 0 Å². The van der Waals surface area contributed by atoms with Crippen molar-refractivity contribution in [2.75, 3.05) is 46.4 Å². The first kappa shape index (κ1) is 23.8. The van der Waals surface area contributed by atoms with E-state index in [9.17, 15) is 4.79 Å². The maximum Gasteiger partial charge on any atom is 0.272 e. The van der Waals surface area contributed by atoms with Crippen LogP contribution in [-0.4, -0.2) is 77.1 Å². The lowest BCUT2D eigenvalue weighted by molar-refractivity contribution is 0.0730. The fraction of sp³-hybridized carbons (Fsp3) is 0.500. The largest absolute Gasteiger partial charge is 0.379 e. The number of likely N-dealkylation sites (tertiary alicyclic amines) is 1. The Bertz CT molecular complexity index is 1200. The molecule has 1 atom stereocenters. The van der Waals surface area contributed by atoms with Gasteiger partial charge in [-0.3, -0.25) is 9.78 Å². The minimum atomic E-state index is -0.0257. The van der Waals surface area contributed by atoms with Crippen LogP contribution in [0.5, 0.6) is 0 Å². The van der Waals surface area contributed by atoms with Gasteiger partial charge < -0.3 is 14.5 Å². The smallest absolute Gasteiger partial charge is 0.272 e. The summed E-state index contributed by atoms with van der Waals surface area (Å²) in [6, 6.07) is 12.3. The molecular formula is C28H35N5O2. The van der Waals surface area contributed by atoms with E-state index in [-0.39, 0.29) is 17.2 Å². The highest BCUT2D eigenvalue weighted by atomic mass is 16.5. The van der Waals surface area contributed by atoms with Crippen LogP contribution in [0.1, 0.15) is 47.3 Å². The molecule has 5 rings (SSSR count). The Labute approximate surface area is 207 Å². The number of carbonyl (C=O) groups excluding carboxylic acids is 1. The van der Waals surface area contributed by atoms with E-state index in [1.165, 1.54) is 10.9 Å². The van der Waals surface area contributed by atoms with E-state index in [2.05, 4.69) is 47.0 Å². The van der Waals surface area contributed by atoms with E-state index in [0.717, 1.165) is 43.6 Å². The van der Waals surface area contributed by atoms with Gasteiger partial charge in [-0.2, -0.15) is 0 Å². The number of pyridine rings is 1. The van der Waals surface area contributed by atoms with Gasteiger partial charge in [-0.15, -0.1) is 0 Å². The number of nitrogens with zero attached hydrogens (tertiary/aromatic N) is 5. The lowest BCUT2D eigenvalue weighted by Crippen LogP contribution is -2.40. The number of aryl methyl sites for hydroxylation is 1. The van der Waals surface area contributed by atoms with Crippen LogP contribution in [0.3, 0.4) is 0 Å². The molecule has 0 saturated carbocycles. The van der Waals surface area contributed by atoms with Gasteiger partial charge in [0.15, 0.2) is 0 Å². The number of aromatic nitrogens is 3. The Balaban J connectivity index is 1.36. The fourth-order valence-electron chi connectivity index (χ4n) is 5.36. The molecule has 4 heterocycles. The van der Waals surface area contributed by atoms with Crippen molar-refractivity contribution in [2.45, 2.75) is 38.5 Å². The number of carbonyl (C=O) groups is 1. The lowest BCUT2D eigenvalue weighted by atomic mass is 9.77. The quantitative estimate of drug-likeness (QED) is 0.576. The second-order valence-corrected chi connectivity index (χ2v) is 10.4. The van der Waals surface area contributed by atoms with Crippen molar-refractivity contribution in [1.29, 1.82) is 0 Å². The molecule has 35 heavy (non-hydrogen) atoms. The molecule has 7 heteroatoms. The minimum absolute atomic E-state index is 0.0247. The minimum Gasteiger partial charge on any atom is -0.379 e. The van der Waals surface area contributed by atoms with Crippen LogP contribution in [0, 0.1) is 12.8 Å². The molecule has 0 spiro atoms. The van der Waals surface area contributed by atoms with Crippen molar-refractivity contribution in [1.82, 2.24) is 24.8 Å². The van der Waals surface area contributed by atoms with Gasteiger partial charge in [0.05, 0.1) is 24.4 Å². The summed E-state index contributed by atoms with van der Waals surface area (Å²) in [4.78, 5) is 31.8. The third-order valence-electron chi connectivity index (χ3n) is 7.64. The maximum absolute atomic E-state index is 13.7. The van der Waals surface area contributed by atoms with Crippen LogP contribution in [0.25, 0.3) is 10.9 Å². The third kappa shape index (κ3) is 5.21. The molecule has 2 saturated heterocycles. The van der Waals surface area contributed by atoms with Gasteiger partial charge in [-0.1, -0.05) is 25.1 Å². The highest BCUT2D eigenvalue weighted by Gasteiger charge is 2.34. The van der Waals surface area contributed by atoms with E-state index in [4.69, 9.17) is 9.72 Å². The molecule has 7 nitrogen and oxygen atoms in total. The Hall–Kier alpha value is -2.90. The molecule has 0 radical (unpaired) electrons. The van der Waals surface area contributed by atoms with Crippen LogP contribution in [0.4, 0.5) is 0 Å². The predicted octanol–water partition coefficient (Wildman–Crippen LogP) is 3.65. The molecule has 2 aliphatic heterocycles. The first-order valence-electron chi connectivity index (χ1n) is 12.7. The fourth-order valence-corrected chi connectivity index (χ4v) is 5.36. The molecule has 1 amide bonds. The summed E-state index contributed by atoms with van der Waals surface area (Å²) >= 11 is 0. The third-order valence-corrected chi connectivity index (χ3v) is 7.64. The predicted molar refractivity (Wildman–Crippen MR) is 137 cm³/mol. The zero-order valence-electron chi connectivity index (χ0n) is 21.0. The summed E-state index contributed by atoms with van der Waals surface area (Å²) in [6.07, 6.45) is 4.73. The second kappa shape index (κ2) is 9.99. The van der Waals surface area contributed by atoms with E-state index in [1.54, 1.807) is 0 Å². The number of ether oxygens (including phenoxy) is 1. The Kier molecular flexibility index (Phi) is 6.80. The summed E-state index contributed by atoms with van der Waals surface area (Å²) in [6.45, 7) is 8.64. The average molecular weight is 474 g/mol. The standard InChI is InChI=1S/C28H35N5O2/c1-20-30-25(17-26(31-20)28(2)9-12-32(3)13-10-28)27(34)33-14-15-35-19-21(18-33)16-22-6-4-8-24-23(22)7-5-11-29-24/h4-8,11,17,21H,9-10,12-16,18-19H2,1-3H3. The number of hydrogen-bond acceptors (Lipinski definition) is 6. The van der Waals surface area contributed by atoms with Gasteiger partial charge in [0.1, 0.15) is 11.5 Å². The van der Waals surface area contributed by atoms with Gasteiger partial charge in [0.25, 0.3) is 5.91 Å². The van der Waals surface area contributed by atoms with Crippen molar-refractivity contribution in [3.63, 3.8) is 0 Å². The Morgan fingerprint density at radius 3 is 2.80 bits per heavy atom. The number of amides is 1. The van der Waals surface area contributed by atoms with Crippen LogP contribution in [-0.2, 0) is 16.6 Å². The van der Waals surface area contributed by atoms with Crippen molar-refractivity contribution in [3.8, 4) is 0 Å². The normalized spacial score (nSPS) is 21.1. The summed E-state index contributed by atoms with van der Waals surface area (Å²) in [7, 11) is 2.16. The highest BCUT2D eigenvalue weighted by molar-refractivity contribution is 5.92. The molecule has 1 aromatic carbocycles. The number of hydrogen-bond donors (Lipinski definition) is 0. The van der Waals surface area contributed by atoms with Crippen LogP contribution < -0.4 is 0 Å². The van der Waals surface area contributed by atoms with Crippen LogP contribution in [0.2, 0.25) is 0 Å². The molecular weight excluding hydrogens is 438 g/mol. The van der Waals surface area contributed by atoms with E-state index in [0.29, 0.717) is 37.8 Å². The first-order chi connectivity index (χ1) is 16.9. The maximum atomic E-state index is 13.7. The van der Waals surface area contributed by atoms with Crippen LogP contribution in [0.15, 0.2) is 42.6 Å². The van der Waals surface area contributed by atoms with Gasteiger partial charge in [-0.05, 0) is 70.1 Å². The summed E-state index contributed by atoms with van der Waals surface area (Å²) in [5.41, 5.74) is 3.71. The number of piperidine rings is 1. The topological polar surface area (TPSA) is 71.5 Å². The van der Waals surface area contributed by atoms with Crippen molar-refractivity contribution in [2.24, 2.45) is 5.92 Å². The molecule has 0 aliphatic carbocycles. The van der Waals surface area contributed by atoms with Crippen molar-refractivity contribution >= 4 is 16.8 Å². The highest BCUT2D eigenvalue weighted by Crippen LogP contribution is 2.34. The second-order valence-electron chi connectivity index (χ2n) is 10.4.